The molecule has 0 unspecified atom stereocenters. The topological polar surface area (TPSA) is 74.8 Å². The third-order valence-corrected chi connectivity index (χ3v) is 7.39. The van der Waals surface area contributed by atoms with Crippen molar-refractivity contribution in [2.75, 3.05) is 0 Å². The van der Waals surface area contributed by atoms with Gasteiger partial charge in [-0.1, -0.05) is 110 Å². The minimum absolute atomic E-state index is 0.158. The molecule has 0 saturated heterocycles. The van der Waals surface area contributed by atoms with Crippen molar-refractivity contribution in [3.8, 4) is 38.2 Å². The van der Waals surface area contributed by atoms with Crippen molar-refractivity contribution in [2.24, 2.45) is 5.41 Å². The average molecular weight is 734 g/mol. The monoisotopic (exact) mass is 733 g/mol. The van der Waals surface area contributed by atoms with Gasteiger partial charge in [-0.3, -0.25) is 0 Å². The molecule has 4 nitrogen and oxygen atoms in total. The Morgan fingerprint density at radius 2 is 0.902 bits per heavy atom. The molecule has 5 heteroatoms. The number of rotatable bonds is 2. The molecule has 0 radical (unpaired) electrons. The van der Waals surface area contributed by atoms with Gasteiger partial charge in [0.05, 0.1) is 5.60 Å². The van der Waals surface area contributed by atoms with Gasteiger partial charge in [0.15, 0.2) is 0 Å². The van der Waals surface area contributed by atoms with E-state index in [2.05, 4.69) is 80.4 Å². The normalized spacial score (nSPS) is 11.6. The van der Waals surface area contributed by atoms with E-state index in [0.29, 0.717) is 27.9 Å². The molecule has 3 rings (SSSR count). The number of hydrogen-bond donors (Lipinski definition) is 3. The fraction of sp³-hybridized carbons (Fsp3) is 0.528. The van der Waals surface area contributed by atoms with Crippen molar-refractivity contribution in [1.82, 2.24) is 4.98 Å². The zero-order valence-corrected chi connectivity index (χ0v) is 31.0. The Balaban J connectivity index is 0.000000951. The van der Waals surface area contributed by atoms with E-state index in [9.17, 15) is 10.2 Å². The molecule has 3 N–H and O–H groups in total. The molecule has 3 aromatic rings. The minimum atomic E-state index is -0.500. The standard InChI is InChI=1S/C24H28NO2.C5H9.C4H10O.C3H8.W/c1-23(2,3)17-11-7-9-15(21(17)26)19-13-14-20(25-19)16-10-8-12-18(22(16)27)24(4,5)6;1-5(2,3)4;1-4(2,3)5;1-3-2;/h7-14,26-27H,1-6H3;1-3H3;5H,1-3H3;3H2,1-2H3;/q-1;;;;+1. The summed E-state index contributed by atoms with van der Waals surface area (Å²) in [5.41, 5.74) is 4.12. The molecular weight excluding hydrogens is 678 g/mol. The maximum atomic E-state index is 10.8. The van der Waals surface area contributed by atoms with Gasteiger partial charge >= 0.3 is 49.5 Å². The second-order valence-corrected chi connectivity index (χ2v) is 15.1. The van der Waals surface area contributed by atoms with Crippen LogP contribution in [0.1, 0.15) is 114 Å². The summed E-state index contributed by atoms with van der Waals surface area (Å²) < 4.78 is 3.19. The number of aromatic nitrogens is 1. The molecule has 1 aromatic heterocycles. The summed E-state index contributed by atoms with van der Waals surface area (Å²) in [7, 11) is 0. The zero-order chi connectivity index (χ0) is 32.4. The Hall–Kier alpha value is -2.25. The van der Waals surface area contributed by atoms with Crippen molar-refractivity contribution >= 4 is 0 Å². The SMILES string of the molecule is CC(C)(C)O.CC(C)(C)[C]#[W+].CC(C)(C)c1cccc(-c2ccc(-c3cccc(C(C)(C)C)c3O)[n-]2)c1O.CCC. The van der Waals surface area contributed by atoms with Crippen LogP contribution in [-0.2, 0) is 30.0 Å². The number of benzene rings is 2. The largest absolute Gasteiger partial charge is 0.657 e. The van der Waals surface area contributed by atoms with Gasteiger partial charge in [-0.05, 0) is 42.7 Å². The maximum Gasteiger partial charge on any atom is 0.125 e. The van der Waals surface area contributed by atoms with Crippen LogP contribution >= 0.6 is 0 Å². The fourth-order valence-electron chi connectivity index (χ4n) is 3.37. The van der Waals surface area contributed by atoms with Gasteiger partial charge < -0.3 is 20.3 Å². The van der Waals surface area contributed by atoms with Gasteiger partial charge in [0.1, 0.15) is 11.5 Å². The smallest absolute Gasteiger partial charge is 0.125 e. The summed E-state index contributed by atoms with van der Waals surface area (Å²) in [6.07, 6.45) is 1.25. The van der Waals surface area contributed by atoms with Crippen LogP contribution in [0.2, 0.25) is 0 Å². The van der Waals surface area contributed by atoms with Gasteiger partial charge in [-0.2, -0.15) is 0 Å². The van der Waals surface area contributed by atoms with Crippen LogP contribution in [0, 0.1) is 9.62 Å². The Morgan fingerprint density at radius 3 is 1.12 bits per heavy atom. The van der Waals surface area contributed by atoms with E-state index in [-0.39, 0.29) is 22.3 Å². The molecule has 0 bridgehead atoms. The summed E-state index contributed by atoms with van der Waals surface area (Å²) in [5.74, 6) is 0.532. The summed E-state index contributed by atoms with van der Waals surface area (Å²) in [4.78, 5) is 4.70. The number of phenols is 2. The molecule has 0 aliphatic heterocycles. The first-order chi connectivity index (χ1) is 18.5. The van der Waals surface area contributed by atoms with Crippen LogP contribution in [-0.4, -0.2) is 20.9 Å². The molecule has 1 heterocycles. The molecule has 0 saturated carbocycles. The number of aliphatic hydroxyl groups is 1. The molecule has 228 valence electrons. The summed E-state index contributed by atoms with van der Waals surface area (Å²) in [6.45, 7) is 28.4. The van der Waals surface area contributed by atoms with Crippen molar-refractivity contribution in [2.45, 2.75) is 120 Å². The van der Waals surface area contributed by atoms with Crippen molar-refractivity contribution in [3.05, 3.63) is 59.7 Å². The molecule has 0 spiro atoms. The van der Waals surface area contributed by atoms with Crippen molar-refractivity contribution < 1.29 is 34.5 Å². The number of aromatic hydroxyl groups is 2. The van der Waals surface area contributed by atoms with Crippen molar-refractivity contribution in [3.63, 3.8) is 0 Å². The summed E-state index contributed by atoms with van der Waals surface area (Å²) in [5, 5.41) is 30.1. The quantitative estimate of drug-likeness (QED) is 0.245. The van der Waals surface area contributed by atoms with Gasteiger partial charge in [0.25, 0.3) is 0 Å². The molecule has 0 amide bonds. The first-order valence-electron chi connectivity index (χ1n) is 14.4. The Bertz CT molecular complexity index is 1170. The second kappa shape index (κ2) is 15.8. The second-order valence-electron chi connectivity index (χ2n) is 14.3. The van der Waals surface area contributed by atoms with E-state index in [0.717, 1.165) is 11.1 Å². The van der Waals surface area contributed by atoms with E-state index >= 15 is 0 Å². The average Bonchev–Trinajstić information content (AvgIpc) is 3.27. The first-order valence-corrected chi connectivity index (χ1v) is 15.9. The van der Waals surface area contributed by atoms with Crippen LogP contribution in [0.5, 0.6) is 11.5 Å². The van der Waals surface area contributed by atoms with Gasteiger partial charge in [0.2, 0.25) is 0 Å². The molecule has 41 heavy (non-hydrogen) atoms. The predicted molar refractivity (Wildman–Crippen MR) is 173 cm³/mol. The Morgan fingerprint density at radius 1 is 0.634 bits per heavy atom. The van der Waals surface area contributed by atoms with Crippen LogP contribution < -0.4 is 4.98 Å². The van der Waals surface area contributed by atoms with E-state index in [1.807, 2.05) is 48.5 Å². The number of phenolic OH excluding ortho intramolecular Hbond substituents is 2. The predicted octanol–water partition coefficient (Wildman–Crippen LogP) is 9.72. The number of hydrogen-bond acceptors (Lipinski definition) is 3. The van der Waals surface area contributed by atoms with E-state index in [4.69, 9.17) is 10.1 Å². The number of para-hydroxylation sites is 2. The summed E-state index contributed by atoms with van der Waals surface area (Å²) >= 11 is 1.44. The third kappa shape index (κ3) is 14.5. The van der Waals surface area contributed by atoms with Crippen LogP contribution in [0.15, 0.2) is 48.5 Å². The fourth-order valence-corrected chi connectivity index (χ4v) is 3.37. The molecule has 0 aliphatic rings. The molecule has 0 atom stereocenters. The summed E-state index contributed by atoms with van der Waals surface area (Å²) in [6, 6.07) is 15.3. The van der Waals surface area contributed by atoms with Gasteiger partial charge in [-0.25, -0.2) is 0 Å². The van der Waals surface area contributed by atoms with E-state index in [1.165, 1.54) is 25.6 Å². The minimum Gasteiger partial charge on any atom is -0.657 e. The van der Waals surface area contributed by atoms with Crippen LogP contribution in [0.4, 0.5) is 0 Å². The zero-order valence-electron chi connectivity index (χ0n) is 28.0. The molecule has 0 fully saturated rings. The van der Waals surface area contributed by atoms with Crippen molar-refractivity contribution in [1.29, 1.82) is 0 Å². The Labute approximate surface area is 261 Å². The first kappa shape index (κ1) is 38.7. The maximum absolute atomic E-state index is 10.8. The Kier molecular flexibility index (Phi) is 15.0. The molecule has 0 aliphatic carbocycles. The van der Waals surface area contributed by atoms with Crippen LogP contribution in [0.25, 0.3) is 22.5 Å². The van der Waals surface area contributed by atoms with Crippen LogP contribution in [0.3, 0.4) is 0 Å². The third-order valence-electron chi connectivity index (χ3n) is 5.19. The van der Waals surface area contributed by atoms with Gasteiger partial charge in [0, 0.05) is 11.1 Å². The van der Waals surface area contributed by atoms with E-state index in [1.54, 1.807) is 20.8 Å². The van der Waals surface area contributed by atoms with Gasteiger partial charge in [-0.15, -0.1) is 11.4 Å². The molecule has 2 aromatic carbocycles. The molecular formula is C36H55NO3W. The number of nitrogens with zero attached hydrogens (tertiary/aromatic N) is 1. The van der Waals surface area contributed by atoms with E-state index < -0.39 is 5.60 Å².